The third-order valence-corrected chi connectivity index (χ3v) is 3.74. The van der Waals surface area contributed by atoms with Crippen molar-refractivity contribution in [2.75, 3.05) is 13.2 Å². The van der Waals surface area contributed by atoms with E-state index in [9.17, 15) is 14.9 Å². The molecule has 1 heterocycles. The summed E-state index contributed by atoms with van der Waals surface area (Å²) in [4.78, 5) is 22.3. The Hall–Kier alpha value is -3.35. The second-order valence-electron chi connectivity index (χ2n) is 5.58. The number of ether oxygens (including phenoxy) is 3. The van der Waals surface area contributed by atoms with Crippen molar-refractivity contribution >= 4 is 17.7 Å². The first-order valence-electron chi connectivity index (χ1n) is 8.10. The highest BCUT2D eigenvalue weighted by atomic mass is 16.6. The fraction of sp³-hybridized carbons (Fsp3) is 0.211. The number of carbonyl (C=O) groups is 1. The minimum Gasteiger partial charge on any atom is -0.490 e. The molecule has 0 radical (unpaired) electrons. The lowest BCUT2D eigenvalue weighted by atomic mass is 10.2. The number of esters is 1. The van der Waals surface area contributed by atoms with E-state index in [1.165, 1.54) is 12.1 Å². The molecule has 7 heteroatoms. The minimum absolute atomic E-state index is 0.0767. The van der Waals surface area contributed by atoms with Crippen LogP contribution in [0.15, 0.2) is 48.5 Å². The summed E-state index contributed by atoms with van der Waals surface area (Å²) in [6.45, 7) is 1.03. The lowest BCUT2D eigenvalue weighted by molar-refractivity contribution is -0.385. The van der Waals surface area contributed by atoms with Crippen LogP contribution in [0, 0.1) is 10.1 Å². The number of nitrogens with zero attached hydrogens (tertiary/aromatic N) is 1. The highest BCUT2D eigenvalue weighted by Gasteiger charge is 2.13. The summed E-state index contributed by atoms with van der Waals surface area (Å²) in [7, 11) is 0. The normalized spacial score (nSPS) is 13.2. The van der Waals surface area contributed by atoms with Gasteiger partial charge in [0, 0.05) is 18.6 Å². The average Bonchev–Trinajstić information content (AvgIpc) is 2.89. The highest BCUT2D eigenvalue weighted by molar-refractivity contribution is 5.87. The van der Waals surface area contributed by atoms with Crippen molar-refractivity contribution in [2.45, 2.75) is 13.0 Å². The first-order valence-corrected chi connectivity index (χ1v) is 8.10. The van der Waals surface area contributed by atoms with E-state index in [1.807, 2.05) is 0 Å². The van der Waals surface area contributed by atoms with Crippen molar-refractivity contribution in [3.8, 4) is 11.5 Å². The molecule has 0 saturated carbocycles. The van der Waals surface area contributed by atoms with Crippen LogP contribution < -0.4 is 9.47 Å². The monoisotopic (exact) mass is 355 g/mol. The van der Waals surface area contributed by atoms with Crippen LogP contribution in [0.2, 0.25) is 0 Å². The molecule has 1 aliphatic rings. The zero-order valence-corrected chi connectivity index (χ0v) is 13.9. The maximum Gasteiger partial charge on any atom is 0.331 e. The van der Waals surface area contributed by atoms with Gasteiger partial charge in [0.15, 0.2) is 11.5 Å². The molecular formula is C19H17NO6. The zero-order chi connectivity index (χ0) is 18.4. The third-order valence-electron chi connectivity index (χ3n) is 3.74. The van der Waals surface area contributed by atoms with E-state index >= 15 is 0 Å². The molecule has 0 fully saturated rings. The summed E-state index contributed by atoms with van der Waals surface area (Å²) in [5, 5.41) is 10.9. The Labute approximate surface area is 150 Å². The first-order chi connectivity index (χ1) is 12.6. The van der Waals surface area contributed by atoms with Gasteiger partial charge < -0.3 is 14.2 Å². The Morgan fingerprint density at radius 3 is 2.73 bits per heavy atom. The van der Waals surface area contributed by atoms with Crippen molar-refractivity contribution in [1.82, 2.24) is 0 Å². The third kappa shape index (κ3) is 4.38. The predicted molar refractivity (Wildman–Crippen MR) is 94.0 cm³/mol. The number of rotatable bonds is 5. The van der Waals surface area contributed by atoms with E-state index in [4.69, 9.17) is 14.2 Å². The Morgan fingerprint density at radius 1 is 1.15 bits per heavy atom. The van der Waals surface area contributed by atoms with Crippen LogP contribution in [0.25, 0.3) is 6.08 Å². The molecule has 7 nitrogen and oxygen atoms in total. The molecular weight excluding hydrogens is 338 g/mol. The van der Waals surface area contributed by atoms with Crippen LogP contribution in [0.4, 0.5) is 5.69 Å². The Kier molecular flexibility index (Phi) is 5.48. The Bertz CT molecular complexity index is 846. The molecule has 0 aliphatic carbocycles. The molecule has 0 spiro atoms. The molecule has 0 unspecified atom stereocenters. The van der Waals surface area contributed by atoms with Gasteiger partial charge in [-0.3, -0.25) is 10.1 Å². The molecule has 2 aromatic rings. The van der Waals surface area contributed by atoms with Gasteiger partial charge in [-0.1, -0.05) is 18.2 Å². The number of hydrogen-bond donors (Lipinski definition) is 0. The zero-order valence-electron chi connectivity index (χ0n) is 13.9. The van der Waals surface area contributed by atoms with Crippen molar-refractivity contribution in [1.29, 1.82) is 0 Å². The van der Waals surface area contributed by atoms with Crippen LogP contribution in [0.5, 0.6) is 11.5 Å². The molecule has 0 atom stereocenters. The summed E-state index contributed by atoms with van der Waals surface area (Å²) < 4.78 is 16.2. The molecule has 0 saturated heterocycles. The van der Waals surface area contributed by atoms with E-state index in [0.29, 0.717) is 30.3 Å². The topological polar surface area (TPSA) is 87.9 Å². The average molecular weight is 355 g/mol. The van der Waals surface area contributed by atoms with Crippen LogP contribution in [0.3, 0.4) is 0 Å². The summed E-state index contributed by atoms with van der Waals surface area (Å²) in [5.41, 5.74) is 1.03. The Morgan fingerprint density at radius 2 is 1.92 bits per heavy atom. The Balaban J connectivity index is 1.62. The number of para-hydroxylation sites is 1. The molecule has 0 N–H and O–H groups in total. The number of hydrogen-bond acceptors (Lipinski definition) is 6. The smallest absolute Gasteiger partial charge is 0.331 e. The second-order valence-corrected chi connectivity index (χ2v) is 5.58. The standard InChI is InChI=1S/C19H17NO6/c21-19(26-13-15-4-1-2-5-16(15)20(22)23)9-7-14-6-8-17-18(12-14)25-11-3-10-24-17/h1-2,4-9,12H,3,10-11,13H2/b9-7+. The fourth-order valence-electron chi connectivity index (χ4n) is 2.46. The van der Waals surface area contributed by atoms with Gasteiger partial charge in [0.2, 0.25) is 0 Å². The second kappa shape index (κ2) is 8.15. The summed E-state index contributed by atoms with van der Waals surface area (Å²) in [5.74, 6) is 0.729. The molecule has 1 aliphatic heterocycles. The summed E-state index contributed by atoms with van der Waals surface area (Å²) >= 11 is 0. The summed E-state index contributed by atoms with van der Waals surface area (Å²) in [6.07, 6.45) is 3.68. The van der Waals surface area contributed by atoms with Gasteiger partial charge in [-0.15, -0.1) is 0 Å². The number of fused-ring (bicyclic) bond motifs is 1. The quantitative estimate of drug-likeness (QED) is 0.353. The van der Waals surface area contributed by atoms with Crippen LogP contribution in [0.1, 0.15) is 17.5 Å². The minimum atomic E-state index is -0.588. The van der Waals surface area contributed by atoms with Gasteiger partial charge in [-0.05, 0) is 29.8 Å². The van der Waals surface area contributed by atoms with Gasteiger partial charge >= 0.3 is 5.97 Å². The van der Waals surface area contributed by atoms with Crippen molar-refractivity contribution in [2.24, 2.45) is 0 Å². The van der Waals surface area contributed by atoms with Gasteiger partial charge in [-0.25, -0.2) is 4.79 Å². The lowest BCUT2D eigenvalue weighted by Gasteiger charge is -2.07. The molecule has 3 rings (SSSR count). The molecule has 0 amide bonds. The predicted octanol–water partition coefficient (Wildman–Crippen LogP) is 3.51. The maximum absolute atomic E-state index is 11.9. The van der Waals surface area contributed by atoms with E-state index < -0.39 is 10.9 Å². The highest BCUT2D eigenvalue weighted by Crippen LogP contribution is 2.30. The van der Waals surface area contributed by atoms with Crippen molar-refractivity contribution < 1.29 is 23.9 Å². The SMILES string of the molecule is O=C(/C=C/c1ccc2c(c1)OCCCO2)OCc1ccccc1[N+](=O)[O-]. The number of nitro groups is 1. The summed E-state index contributed by atoms with van der Waals surface area (Å²) in [6, 6.07) is 11.5. The lowest BCUT2D eigenvalue weighted by Crippen LogP contribution is -2.03. The van der Waals surface area contributed by atoms with Gasteiger partial charge in [0.1, 0.15) is 6.61 Å². The molecule has 26 heavy (non-hydrogen) atoms. The van der Waals surface area contributed by atoms with Crippen LogP contribution in [-0.4, -0.2) is 24.1 Å². The van der Waals surface area contributed by atoms with Gasteiger partial charge in [0.25, 0.3) is 5.69 Å². The first kappa shape index (κ1) is 17.5. The van der Waals surface area contributed by atoms with E-state index in [-0.39, 0.29) is 12.3 Å². The van der Waals surface area contributed by atoms with Gasteiger partial charge in [-0.2, -0.15) is 0 Å². The van der Waals surface area contributed by atoms with Crippen LogP contribution in [-0.2, 0) is 16.1 Å². The van der Waals surface area contributed by atoms with E-state index in [1.54, 1.807) is 42.5 Å². The van der Waals surface area contributed by atoms with E-state index in [2.05, 4.69) is 0 Å². The molecule has 0 bridgehead atoms. The molecule has 134 valence electrons. The maximum atomic E-state index is 11.9. The molecule has 2 aromatic carbocycles. The van der Waals surface area contributed by atoms with Crippen LogP contribution >= 0.6 is 0 Å². The van der Waals surface area contributed by atoms with Gasteiger partial charge in [0.05, 0.1) is 23.7 Å². The molecule has 0 aromatic heterocycles. The fourth-order valence-corrected chi connectivity index (χ4v) is 2.46. The number of benzene rings is 2. The largest absolute Gasteiger partial charge is 0.490 e. The van der Waals surface area contributed by atoms with E-state index in [0.717, 1.165) is 12.0 Å². The van der Waals surface area contributed by atoms with Crippen molar-refractivity contribution in [3.05, 3.63) is 69.8 Å². The number of carbonyl (C=O) groups excluding carboxylic acids is 1. The number of nitro benzene ring substituents is 1. The van der Waals surface area contributed by atoms with Crippen molar-refractivity contribution in [3.63, 3.8) is 0 Å².